The molecule has 1 rings (SSSR count). The molecule has 0 aliphatic rings. The summed E-state index contributed by atoms with van der Waals surface area (Å²) in [5.41, 5.74) is 2.04. The van der Waals surface area contributed by atoms with Crippen LogP contribution in [0.1, 0.15) is 5.56 Å². The number of aryl methyl sites for hydroxylation is 1. The number of benzene rings is 1. The first-order chi connectivity index (χ1) is 8.71. The summed E-state index contributed by atoms with van der Waals surface area (Å²) in [5, 5.41) is 20.4. The molecule has 1 aromatic carbocycles. The van der Waals surface area contributed by atoms with Gasteiger partial charge in [0.05, 0.1) is 7.11 Å². The Morgan fingerprint density at radius 1 is 1.22 bits per heavy atom. The second-order valence-electron chi connectivity index (χ2n) is 3.51. The average molecular weight is 239 g/mol. The zero-order valence-corrected chi connectivity index (χ0v) is 10.3. The van der Waals surface area contributed by atoms with E-state index in [4.69, 9.17) is 15.3 Å². The smallest absolute Gasteiger partial charge is 0.171 e. The van der Waals surface area contributed by atoms with Crippen molar-refractivity contribution in [2.24, 2.45) is 0 Å². The highest BCUT2D eigenvalue weighted by molar-refractivity contribution is 5.48. The predicted molar refractivity (Wildman–Crippen MR) is 69.2 cm³/mol. The second-order valence-corrected chi connectivity index (χ2v) is 3.51. The average Bonchev–Trinajstić information content (AvgIpc) is 2.40. The Balaban J connectivity index is 2.76. The summed E-state index contributed by atoms with van der Waals surface area (Å²) in [6.45, 7) is 2.01. The minimum atomic E-state index is -0.0561. The Kier molecular flexibility index (Phi) is 5.02. The highest BCUT2D eigenvalue weighted by Gasteiger charge is 2.01. The fourth-order valence-electron chi connectivity index (χ4n) is 1.25. The molecule has 0 fully saturated rings. The van der Waals surface area contributed by atoms with Crippen LogP contribution in [0.15, 0.2) is 47.9 Å². The maximum Gasteiger partial charge on any atom is 0.171 e. The van der Waals surface area contributed by atoms with E-state index in [0.717, 1.165) is 5.69 Å². The van der Waals surface area contributed by atoms with Crippen molar-refractivity contribution in [1.82, 2.24) is 0 Å². The van der Waals surface area contributed by atoms with E-state index in [1.807, 2.05) is 31.2 Å². The third kappa shape index (κ3) is 3.70. The van der Waals surface area contributed by atoms with Gasteiger partial charge in [-0.2, -0.15) is 10.5 Å². The van der Waals surface area contributed by atoms with Crippen molar-refractivity contribution < 1.29 is 4.74 Å². The first-order valence-corrected chi connectivity index (χ1v) is 5.29. The van der Waals surface area contributed by atoms with E-state index in [2.05, 4.69) is 5.32 Å². The van der Waals surface area contributed by atoms with Crippen molar-refractivity contribution in [3.05, 3.63) is 53.4 Å². The van der Waals surface area contributed by atoms with E-state index in [1.54, 1.807) is 24.4 Å². The van der Waals surface area contributed by atoms with E-state index in [0.29, 0.717) is 0 Å². The van der Waals surface area contributed by atoms with Gasteiger partial charge < -0.3 is 10.1 Å². The molecule has 18 heavy (non-hydrogen) atoms. The second kappa shape index (κ2) is 6.78. The molecular formula is C14H13N3O. The summed E-state index contributed by atoms with van der Waals surface area (Å²) in [6.07, 6.45) is 3.17. The van der Waals surface area contributed by atoms with Crippen molar-refractivity contribution in [3.8, 4) is 12.1 Å². The largest absolute Gasteiger partial charge is 0.495 e. The molecule has 1 N–H and O–H groups in total. The lowest BCUT2D eigenvalue weighted by atomic mass is 10.2. The summed E-state index contributed by atoms with van der Waals surface area (Å²) in [7, 11) is 1.42. The number of nitriles is 2. The van der Waals surface area contributed by atoms with Crippen molar-refractivity contribution in [2.45, 2.75) is 6.92 Å². The molecule has 0 radical (unpaired) electrons. The Bertz CT molecular complexity index is 526. The molecule has 4 nitrogen and oxygen atoms in total. The minimum absolute atomic E-state index is 0.0561. The number of anilines is 1. The van der Waals surface area contributed by atoms with E-state index >= 15 is 0 Å². The van der Waals surface area contributed by atoms with Crippen LogP contribution in [0.25, 0.3) is 0 Å². The topological polar surface area (TPSA) is 68.8 Å². The third-order valence-corrected chi connectivity index (χ3v) is 2.23. The molecule has 0 bridgehead atoms. The van der Waals surface area contributed by atoms with E-state index in [9.17, 15) is 0 Å². The van der Waals surface area contributed by atoms with Crippen LogP contribution >= 0.6 is 0 Å². The zero-order chi connectivity index (χ0) is 13.4. The molecule has 0 saturated heterocycles. The van der Waals surface area contributed by atoms with Crippen LogP contribution in [-0.4, -0.2) is 7.11 Å². The normalized spacial score (nSPS) is 9.33. The SMILES string of the molecule is COC(C=CNc1ccc(C)cc1)=C(C#N)C#N. The Morgan fingerprint density at radius 3 is 2.33 bits per heavy atom. The highest BCUT2D eigenvalue weighted by atomic mass is 16.5. The van der Waals surface area contributed by atoms with Crippen molar-refractivity contribution in [2.75, 3.05) is 12.4 Å². The number of methoxy groups -OCH3 is 1. The molecular weight excluding hydrogens is 226 g/mol. The number of ether oxygens (including phenoxy) is 1. The molecule has 0 amide bonds. The number of allylic oxidation sites excluding steroid dienone is 2. The first-order valence-electron chi connectivity index (χ1n) is 5.29. The Morgan fingerprint density at radius 2 is 1.83 bits per heavy atom. The van der Waals surface area contributed by atoms with Crippen molar-refractivity contribution in [1.29, 1.82) is 10.5 Å². The Hall–Kier alpha value is -2.72. The van der Waals surface area contributed by atoms with Crippen LogP contribution in [-0.2, 0) is 4.74 Å². The summed E-state index contributed by atoms with van der Waals surface area (Å²) < 4.78 is 4.96. The van der Waals surface area contributed by atoms with Gasteiger partial charge in [-0.25, -0.2) is 0 Å². The van der Waals surface area contributed by atoms with Crippen LogP contribution in [0.2, 0.25) is 0 Å². The molecule has 0 unspecified atom stereocenters. The number of hydrogen-bond donors (Lipinski definition) is 1. The number of nitrogens with one attached hydrogen (secondary N) is 1. The van der Waals surface area contributed by atoms with Crippen LogP contribution in [0.3, 0.4) is 0 Å². The third-order valence-electron chi connectivity index (χ3n) is 2.23. The van der Waals surface area contributed by atoms with Crippen LogP contribution in [0, 0.1) is 29.6 Å². The van der Waals surface area contributed by atoms with Gasteiger partial charge in [-0.15, -0.1) is 0 Å². The number of rotatable bonds is 4. The van der Waals surface area contributed by atoms with Gasteiger partial charge in [0.1, 0.15) is 17.9 Å². The Labute approximate surface area is 106 Å². The van der Waals surface area contributed by atoms with Crippen LogP contribution in [0.4, 0.5) is 5.69 Å². The molecule has 0 aromatic heterocycles. The van der Waals surface area contributed by atoms with Gasteiger partial charge in [-0.3, -0.25) is 0 Å². The maximum absolute atomic E-state index is 8.71. The van der Waals surface area contributed by atoms with Gasteiger partial charge in [0, 0.05) is 11.9 Å². The lowest BCUT2D eigenvalue weighted by Gasteiger charge is -2.02. The van der Waals surface area contributed by atoms with Crippen molar-refractivity contribution >= 4 is 5.69 Å². The molecule has 0 aliphatic carbocycles. The van der Waals surface area contributed by atoms with E-state index in [-0.39, 0.29) is 11.3 Å². The van der Waals surface area contributed by atoms with E-state index in [1.165, 1.54) is 12.7 Å². The summed E-state index contributed by atoms with van der Waals surface area (Å²) in [6, 6.07) is 11.4. The fraction of sp³-hybridized carbons (Fsp3) is 0.143. The molecule has 4 heteroatoms. The predicted octanol–water partition coefficient (Wildman–Crippen LogP) is 2.87. The molecule has 1 aromatic rings. The maximum atomic E-state index is 8.71. The van der Waals surface area contributed by atoms with Crippen molar-refractivity contribution in [3.63, 3.8) is 0 Å². The summed E-state index contributed by atoms with van der Waals surface area (Å²) >= 11 is 0. The lowest BCUT2D eigenvalue weighted by molar-refractivity contribution is 0.305. The minimum Gasteiger partial charge on any atom is -0.495 e. The number of nitrogens with zero attached hydrogens (tertiary/aromatic N) is 2. The standard InChI is InChI=1S/C14H13N3O/c1-11-3-5-13(6-4-11)17-8-7-14(18-2)12(9-15)10-16/h3-8,17H,1-2H3. The highest BCUT2D eigenvalue weighted by Crippen LogP contribution is 2.10. The first kappa shape index (κ1) is 13.3. The molecule has 0 spiro atoms. The fourth-order valence-corrected chi connectivity index (χ4v) is 1.25. The van der Waals surface area contributed by atoms with Crippen LogP contribution < -0.4 is 5.32 Å². The van der Waals surface area contributed by atoms with Gasteiger partial charge in [-0.1, -0.05) is 17.7 Å². The molecule has 0 aliphatic heterocycles. The van der Waals surface area contributed by atoms with Gasteiger partial charge in [0.15, 0.2) is 5.57 Å². The zero-order valence-electron chi connectivity index (χ0n) is 10.3. The monoisotopic (exact) mass is 239 g/mol. The summed E-state index contributed by atoms with van der Waals surface area (Å²) in [4.78, 5) is 0. The lowest BCUT2D eigenvalue weighted by Crippen LogP contribution is -1.91. The molecule has 0 heterocycles. The quantitative estimate of drug-likeness (QED) is 0.498. The van der Waals surface area contributed by atoms with Gasteiger partial charge in [0.2, 0.25) is 0 Å². The number of hydrogen-bond acceptors (Lipinski definition) is 4. The molecule has 0 saturated carbocycles. The van der Waals surface area contributed by atoms with Gasteiger partial charge in [0.25, 0.3) is 0 Å². The van der Waals surface area contributed by atoms with E-state index < -0.39 is 0 Å². The van der Waals surface area contributed by atoms with Crippen LogP contribution in [0.5, 0.6) is 0 Å². The van der Waals surface area contributed by atoms with Gasteiger partial charge in [-0.05, 0) is 25.1 Å². The van der Waals surface area contributed by atoms with Gasteiger partial charge >= 0.3 is 0 Å². The molecule has 0 atom stereocenters. The molecule has 90 valence electrons. The summed E-state index contributed by atoms with van der Waals surface area (Å²) in [5.74, 6) is 0.236.